The molecule has 0 aliphatic heterocycles. The normalized spacial score (nSPS) is 19.1. The van der Waals surface area contributed by atoms with Gasteiger partial charge in [-0.3, -0.25) is 4.79 Å². The zero-order chi connectivity index (χ0) is 20.1. The van der Waals surface area contributed by atoms with E-state index in [-0.39, 0.29) is 5.56 Å². The third kappa shape index (κ3) is 3.29. The lowest BCUT2D eigenvalue weighted by molar-refractivity contribution is 0.408. The molecular formula is C25H30N4O. The van der Waals surface area contributed by atoms with Gasteiger partial charge in [0.05, 0.1) is 12.2 Å². The minimum absolute atomic E-state index is 0.0972. The highest BCUT2D eigenvalue weighted by Crippen LogP contribution is 2.41. The van der Waals surface area contributed by atoms with E-state index in [1.54, 1.807) is 0 Å². The van der Waals surface area contributed by atoms with Crippen LogP contribution >= 0.6 is 0 Å². The lowest BCUT2D eigenvalue weighted by Crippen LogP contribution is -2.20. The number of aromatic amines is 1. The molecular weight excluding hydrogens is 372 g/mol. The highest BCUT2D eigenvalue weighted by atomic mass is 16.1. The SMILES string of the molecule is O=c1[nH]c2c(c(C3CCC3)nn2Cc2ccc(CNC3CC3)cc2)c2c1CCCC2. The summed E-state index contributed by atoms with van der Waals surface area (Å²) in [5, 5.41) is 9.92. The maximum Gasteiger partial charge on any atom is 0.253 e. The van der Waals surface area contributed by atoms with Gasteiger partial charge in [0, 0.05) is 29.5 Å². The first-order chi connectivity index (χ1) is 14.8. The molecule has 30 heavy (non-hydrogen) atoms. The number of benzene rings is 1. The Kier molecular flexibility index (Phi) is 4.52. The predicted octanol–water partition coefficient (Wildman–Crippen LogP) is 4.17. The van der Waals surface area contributed by atoms with Gasteiger partial charge < -0.3 is 10.3 Å². The molecule has 2 heterocycles. The minimum Gasteiger partial charge on any atom is -0.310 e. The topological polar surface area (TPSA) is 62.7 Å². The lowest BCUT2D eigenvalue weighted by atomic mass is 9.80. The van der Waals surface area contributed by atoms with Crippen molar-refractivity contribution in [1.29, 1.82) is 0 Å². The zero-order valence-electron chi connectivity index (χ0n) is 17.5. The third-order valence-electron chi connectivity index (χ3n) is 7.27. The van der Waals surface area contributed by atoms with E-state index in [4.69, 9.17) is 5.10 Å². The Labute approximate surface area is 176 Å². The van der Waals surface area contributed by atoms with E-state index in [0.717, 1.165) is 43.1 Å². The van der Waals surface area contributed by atoms with Gasteiger partial charge in [-0.05, 0) is 68.1 Å². The first-order valence-corrected chi connectivity index (χ1v) is 11.7. The first kappa shape index (κ1) is 18.4. The minimum atomic E-state index is 0.0972. The van der Waals surface area contributed by atoms with Crippen LogP contribution in [0, 0.1) is 0 Å². The van der Waals surface area contributed by atoms with E-state index >= 15 is 0 Å². The summed E-state index contributed by atoms with van der Waals surface area (Å²) in [6, 6.07) is 9.57. The van der Waals surface area contributed by atoms with Gasteiger partial charge >= 0.3 is 0 Å². The van der Waals surface area contributed by atoms with Crippen molar-refractivity contribution >= 4 is 11.0 Å². The van der Waals surface area contributed by atoms with Gasteiger partial charge in [0.25, 0.3) is 5.56 Å². The largest absolute Gasteiger partial charge is 0.310 e. The number of H-pyrrole nitrogens is 1. The fraction of sp³-hybridized carbons (Fsp3) is 0.520. The van der Waals surface area contributed by atoms with Crippen LogP contribution in [0.1, 0.15) is 78.8 Å². The number of rotatable bonds is 6. The van der Waals surface area contributed by atoms with Crippen LogP contribution in [-0.2, 0) is 25.9 Å². The van der Waals surface area contributed by atoms with Gasteiger partial charge in [0.1, 0.15) is 5.65 Å². The van der Waals surface area contributed by atoms with E-state index in [1.807, 2.05) is 0 Å². The second kappa shape index (κ2) is 7.38. The smallest absolute Gasteiger partial charge is 0.253 e. The van der Waals surface area contributed by atoms with Gasteiger partial charge in [-0.25, -0.2) is 4.68 Å². The molecule has 156 valence electrons. The molecule has 3 aliphatic rings. The third-order valence-corrected chi connectivity index (χ3v) is 7.27. The van der Waals surface area contributed by atoms with Crippen LogP contribution in [0.2, 0.25) is 0 Å². The van der Waals surface area contributed by atoms with Gasteiger partial charge in [0.2, 0.25) is 0 Å². The van der Waals surface area contributed by atoms with E-state index in [1.165, 1.54) is 66.3 Å². The van der Waals surface area contributed by atoms with Gasteiger partial charge in [-0.2, -0.15) is 5.10 Å². The van der Waals surface area contributed by atoms with Crippen LogP contribution < -0.4 is 10.9 Å². The van der Waals surface area contributed by atoms with Gasteiger partial charge in [0.15, 0.2) is 0 Å². The fourth-order valence-corrected chi connectivity index (χ4v) is 5.09. The van der Waals surface area contributed by atoms with Crippen LogP contribution in [0.15, 0.2) is 29.1 Å². The summed E-state index contributed by atoms with van der Waals surface area (Å²) in [6.45, 7) is 1.65. The monoisotopic (exact) mass is 402 g/mol. The van der Waals surface area contributed by atoms with Crippen molar-refractivity contribution in [2.45, 2.75) is 82.8 Å². The molecule has 0 bridgehead atoms. The average molecular weight is 403 g/mol. The summed E-state index contributed by atoms with van der Waals surface area (Å²) >= 11 is 0. The Morgan fingerprint density at radius 3 is 2.40 bits per heavy atom. The number of hydrogen-bond donors (Lipinski definition) is 2. The number of nitrogens with one attached hydrogen (secondary N) is 2. The lowest BCUT2D eigenvalue weighted by Gasteiger charge is -2.25. The number of hydrogen-bond acceptors (Lipinski definition) is 3. The van der Waals surface area contributed by atoms with E-state index in [9.17, 15) is 4.79 Å². The van der Waals surface area contributed by atoms with Crippen LogP contribution in [0.3, 0.4) is 0 Å². The maximum atomic E-state index is 12.8. The number of nitrogens with zero attached hydrogens (tertiary/aromatic N) is 2. The summed E-state index contributed by atoms with van der Waals surface area (Å²) in [7, 11) is 0. The number of fused-ring (bicyclic) bond motifs is 3. The average Bonchev–Trinajstić information content (AvgIpc) is 3.50. The Morgan fingerprint density at radius 2 is 1.70 bits per heavy atom. The van der Waals surface area contributed by atoms with Crippen molar-refractivity contribution in [2.24, 2.45) is 0 Å². The molecule has 3 aromatic rings. The van der Waals surface area contributed by atoms with Gasteiger partial charge in [-0.15, -0.1) is 0 Å². The second-order valence-electron chi connectivity index (χ2n) is 9.48. The highest BCUT2D eigenvalue weighted by molar-refractivity contribution is 5.84. The van der Waals surface area contributed by atoms with Crippen molar-refractivity contribution in [1.82, 2.24) is 20.1 Å². The predicted molar refractivity (Wildman–Crippen MR) is 119 cm³/mol. The fourth-order valence-electron chi connectivity index (χ4n) is 5.09. The van der Waals surface area contributed by atoms with Crippen LogP contribution in [-0.4, -0.2) is 20.8 Å². The van der Waals surface area contributed by atoms with Crippen molar-refractivity contribution < 1.29 is 0 Å². The highest BCUT2D eigenvalue weighted by Gasteiger charge is 2.29. The first-order valence-electron chi connectivity index (χ1n) is 11.7. The molecule has 0 radical (unpaired) electrons. The molecule has 1 aromatic carbocycles. The Balaban J connectivity index is 1.36. The molecule has 5 nitrogen and oxygen atoms in total. The molecule has 2 N–H and O–H groups in total. The summed E-state index contributed by atoms with van der Waals surface area (Å²) < 4.78 is 2.05. The molecule has 0 atom stereocenters. The number of aryl methyl sites for hydroxylation is 1. The summed E-state index contributed by atoms with van der Waals surface area (Å²) in [6.07, 6.45) is 10.6. The zero-order valence-corrected chi connectivity index (χ0v) is 17.5. The molecule has 0 unspecified atom stereocenters. The maximum absolute atomic E-state index is 12.8. The number of aromatic nitrogens is 3. The quantitative estimate of drug-likeness (QED) is 0.650. The molecule has 0 saturated heterocycles. The summed E-state index contributed by atoms with van der Waals surface area (Å²) in [5.41, 5.74) is 7.12. The summed E-state index contributed by atoms with van der Waals surface area (Å²) in [5.74, 6) is 0.557. The Morgan fingerprint density at radius 1 is 0.967 bits per heavy atom. The van der Waals surface area contributed by atoms with Crippen LogP contribution in [0.5, 0.6) is 0 Å². The molecule has 2 fully saturated rings. The standard InChI is InChI=1S/C25H30N4O/c30-25-21-7-2-1-6-20(21)22-23(18-4-3-5-18)28-29(24(22)27-25)15-17-10-8-16(9-11-17)14-26-19-12-13-19/h8-11,18-19,26H,1-7,12-15H2,(H,27,30). The van der Waals surface area contributed by atoms with E-state index in [2.05, 4.69) is 39.2 Å². The number of pyridine rings is 1. The molecule has 2 saturated carbocycles. The second-order valence-corrected chi connectivity index (χ2v) is 9.48. The molecule has 0 spiro atoms. The Hall–Kier alpha value is -2.40. The van der Waals surface area contributed by atoms with Crippen molar-refractivity contribution in [3.63, 3.8) is 0 Å². The van der Waals surface area contributed by atoms with Crippen LogP contribution in [0.25, 0.3) is 11.0 Å². The van der Waals surface area contributed by atoms with E-state index < -0.39 is 0 Å². The molecule has 3 aliphatic carbocycles. The van der Waals surface area contributed by atoms with Gasteiger partial charge in [-0.1, -0.05) is 30.7 Å². The summed E-state index contributed by atoms with van der Waals surface area (Å²) in [4.78, 5) is 16.0. The van der Waals surface area contributed by atoms with E-state index in [0.29, 0.717) is 12.5 Å². The Bertz CT molecular complexity index is 1130. The van der Waals surface area contributed by atoms with Crippen LogP contribution in [0.4, 0.5) is 0 Å². The van der Waals surface area contributed by atoms with Crippen molar-refractivity contribution in [3.8, 4) is 0 Å². The molecule has 2 aromatic heterocycles. The molecule has 5 heteroatoms. The molecule has 0 amide bonds. The molecule has 6 rings (SSSR count). The van der Waals surface area contributed by atoms with Crippen molar-refractivity contribution in [3.05, 3.63) is 62.6 Å². The van der Waals surface area contributed by atoms with Crippen molar-refractivity contribution in [2.75, 3.05) is 0 Å².